The second kappa shape index (κ2) is 3.55. The third kappa shape index (κ3) is 1.52. The van der Waals surface area contributed by atoms with Crippen molar-refractivity contribution < 1.29 is 4.39 Å². The van der Waals surface area contributed by atoms with Crippen LogP contribution in [0.5, 0.6) is 0 Å². The van der Waals surface area contributed by atoms with E-state index in [-0.39, 0.29) is 11.8 Å². The van der Waals surface area contributed by atoms with Gasteiger partial charge in [0.05, 0.1) is 0 Å². The molecule has 5 heteroatoms. The summed E-state index contributed by atoms with van der Waals surface area (Å²) in [5.74, 6) is -0.115. The highest BCUT2D eigenvalue weighted by Gasteiger charge is 2.10. The number of pyridine rings is 1. The Balaban J connectivity index is 2.34. The number of fused-ring (bicyclic) bond motifs is 1. The fourth-order valence-electron chi connectivity index (χ4n) is 1.81. The van der Waals surface area contributed by atoms with Gasteiger partial charge in [-0.3, -0.25) is 0 Å². The predicted octanol–water partition coefficient (Wildman–Crippen LogP) is 2.12. The molecule has 0 bridgehead atoms. The maximum atomic E-state index is 13.7. The number of halogens is 1. The van der Waals surface area contributed by atoms with E-state index in [0.717, 1.165) is 0 Å². The number of hydrogen-bond acceptors (Lipinski definition) is 3. The smallest absolute Gasteiger partial charge is 0.240 e. The Morgan fingerprint density at radius 2 is 1.82 bits per heavy atom. The van der Waals surface area contributed by atoms with Gasteiger partial charge in [0.25, 0.3) is 0 Å². The van der Waals surface area contributed by atoms with Gasteiger partial charge in [0, 0.05) is 17.3 Å². The Bertz CT molecular complexity index is 690. The van der Waals surface area contributed by atoms with Gasteiger partial charge in [-0.1, -0.05) is 18.2 Å². The maximum absolute atomic E-state index is 13.7. The molecule has 4 nitrogen and oxygen atoms in total. The summed E-state index contributed by atoms with van der Waals surface area (Å²) in [5.41, 5.74) is 7.26. The molecular formula is C12H9FN4. The SMILES string of the molecule is Nc1nc2c(-c3ccccc3F)cccn2n1. The van der Waals surface area contributed by atoms with Crippen molar-refractivity contribution in [1.82, 2.24) is 14.6 Å². The molecule has 2 heterocycles. The predicted molar refractivity (Wildman–Crippen MR) is 62.8 cm³/mol. The largest absolute Gasteiger partial charge is 0.366 e. The monoisotopic (exact) mass is 228 g/mol. The van der Waals surface area contributed by atoms with Crippen molar-refractivity contribution in [3.05, 3.63) is 48.4 Å². The standard InChI is InChI=1S/C12H9FN4/c13-10-6-2-1-4-8(10)9-5-3-7-17-11(9)15-12(14)16-17/h1-7H,(H2,14,16). The molecule has 0 amide bonds. The first-order chi connectivity index (χ1) is 8.25. The number of nitrogens with zero attached hydrogens (tertiary/aromatic N) is 3. The van der Waals surface area contributed by atoms with Crippen LogP contribution in [0.15, 0.2) is 42.6 Å². The number of aromatic nitrogens is 3. The van der Waals surface area contributed by atoms with Gasteiger partial charge in [0.1, 0.15) is 5.82 Å². The lowest BCUT2D eigenvalue weighted by molar-refractivity contribution is 0.631. The molecule has 0 saturated carbocycles. The second-order valence-electron chi connectivity index (χ2n) is 3.64. The summed E-state index contributed by atoms with van der Waals surface area (Å²) < 4.78 is 15.3. The van der Waals surface area contributed by atoms with E-state index >= 15 is 0 Å². The van der Waals surface area contributed by atoms with Gasteiger partial charge >= 0.3 is 0 Å². The molecule has 0 unspecified atom stereocenters. The van der Waals surface area contributed by atoms with Crippen LogP contribution in [-0.2, 0) is 0 Å². The van der Waals surface area contributed by atoms with Gasteiger partial charge < -0.3 is 5.73 Å². The first kappa shape index (κ1) is 9.77. The fraction of sp³-hybridized carbons (Fsp3) is 0. The van der Waals surface area contributed by atoms with Crippen molar-refractivity contribution in [3.63, 3.8) is 0 Å². The van der Waals surface area contributed by atoms with E-state index in [1.807, 2.05) is 0 Å². The molecule has 0 radical (unpaired) electrons. The lowest BCUT2D eigenvalue weighted by atomic mass is 10.1. The highest BCUT2D eigenvalue weighted by Crippen LogP contribution is 2.25. The quantitative estimate of drug-likeness (QED) is 0.694. The van der Waals surface area contributed by atoms with E-state index in [4.69, 9.17) is 5.73 Å². The third-order valence-corrected chi connectivity index (χ3v) is 2.54. The van der Waals surface area contributed by atoms with Crippen LogP contribution in [0.1, 0.15) is 0 Å². The number of anilines is 1. The van der Waals surface area contributed by atoms with Gasteiger partial charge in [0.15, 0.2) is 5.65 Å². The van der Waals surface area contributed by atoms with E-state index in [2.05, 4.69) is 10.1 Å². The van der Waals surface area contributed by atoms with Gasteiger partial charge in [-0.2, -0.15) is 4.98 Å². The van der Waals surface area contributed by atoms with Crippen LogP contribution in [0.25, 0.3) is 16.8 Å². The molecule has 2 N–H and O–H groups in total. The number of nitrogens with two attached hydrogens (primary N) is 1. The minimum absolute atomic E-state index is 0.175. The molecule has 3 rings (SSSR count). The van der Waals surface area contributed by atoms with E-state index in [9.17, 15) is 4.39 Å². The summed E-state index contributed by atoms with van der Waals surface area (Å²) in [4.78, 5) is 4.09. The Kier molecular flexibility index (Phi) is 2.04. The van der Waals surface area contributed by atoms with Crippen molar-refractivity contribution in [1.29, 1.82) is 0 Å². The average Bonchev–Trinajstić information content (AvgIpc) is 2.70. The van der Waals surface area contributed by atoms with Crippen LogP contribution < -0.4 is 5.73 Å². The van der Waals surface area contributed by atoms with Crippen molar-refractivity contribution in [3.8, 4) is 11.1 Å². The van der Waals surface area contributed by atoms with Crippen LogP contribution in [0.2, 0.25) is 0 Å². The van der Waals surface area contributed by atoms with Crippen molar-refractivity contribution in [2.75, 3.05) is 5.73 Å². The third-order valence-electron chi connectivity index (χ3n) is 2.54. The molecule has 0 aliphatic rings. The summed E-state index contributed by atoms with van der Waals surface area (Å²) in [7, 11) is 0. The molecule has 1 aromatic carbocycles. The molecule has 3 aromatic rings. The second-order valence-corrected chi connectivity index (χ2v) is 3.64. The Hall–Kier alpha value is -2.43. The molecule has 0 aliphatic carbocycles. The summed E-state index contributed by atoms with van der Waals surface area (Å²) >= 11 is 0. The minimum Gasteiger partial charge on any atom is -0.366 e. The topological polar surface area (TPSA) is 56.2 Å². The normalized spacial score (nSPS) is 10.9. The number of nitrogen functional groups attached to an aromatic ring is 1. The van der Waals surface area contributed by atoms with Crippen LogP contribution in [0.3, 0.4) is 0 Å². The molecule has 0 fully saturated rings. The van der Waals surface area contributed by atoms with Crippen LogP contribution >= 0.6 is 0 Å². The average molecular weight is 228 g/mol. The van der Waals surface area contributed by atoms with E-state index in [1.54, 1.807) is 36.5 Å². The van der Waals surface area contributed by atoms with Gasteiger partial charge in [-0.25, -0.2) is 8.91 Å². The number of benzene rings is 1. The Labute approximate surface area is 96.5 Å². The first-order valence-electron chi connectivity index (χ1n) is 5.11. The van der Waals surface area contributed by atoms with E-state index < -0.39 is 0 Å². The van der Waals surface area contributed by atoms with Crippen molar-refractivity contribution in [2.45, 2.75) is 0 Å². The summed E-state index contributed by atoms with van der Waals surface area (Å²) in [6, 6.07) is 10.1. The van der Waals surface area contributed by atoms with Gasteiger partial charge in [0.2, 0.25) is 5.95 Å². The molecule has 84 valence electrons. The van der Waals surface area contributed by atoms with E-state index in [1.165, 1.54) is 10.6 Å². The van der Waals surface area contributed by atoms with Crippen LogP contribution in [0.4, 0.5) is 10.3 Å². The lowest BCUT2D eigenvalue weighted by Gasteiger charge is -2.03. The Morgan fingerprint density at radius 3 is 2.65 bits per heavy atom. The van der Waals surface area contributed by atoms with Crippen molar-refractivity contribution in [2.24, 2.45) is 0 Å². The molecule has 0 atom stereocenters. The molecule has 0 aliphatic heterocycles. The van der Waals surface area contributed by atoms with Crippen molar-refractivity contribution >= 4 is 11.6 Å². The summed E-state index contributed by atoms with van der Waals surface area (Å²) in [5, 5.41) is 3.99. The van der Waals surface area contributed by atoms with Crippen LogP contribution in [0, 0.1) is 5.82 Å². The number of hydrogen-bond donors (Lipinski definition) is 1. The molecular weight excluding hydrogens is 219 g/mol. The maximum Gasteiger partial charge on any atom is 0.240 e. The highest BCUT2D eigenvalue weighted by atomic mass is 19.1. The minimum atomic E-state index is -0.290. The lowest BCUT2D eigenvalue weighted by Crippen LogP contribution is -1.91. The first-order valence-corrected chi connectivity index (χ1v) is 5.11. The molecule has 2 aromatic heterocycles. The van der Waals surface area contributed by atoms with Crippen LogP contribution in [-0.4, -0.2) is 14.6 Å². The highest BCUT2D eigenvalue weighted by molar-refractivity contribution is 5.78. The zero-order valence-electron chi connectivity index (χ0n) is 8.84. The number of rotatable bonds is 1. The zero-order chi connectivity index (χ0) is 11.8. The summed E-state index contributed by atoms with van der Waals surface area (Å²) in [6.07, 6.45) is 1.73. The fourth-order valence-corrected chi connectivity index (χ4v) is 1.81. The molecule has 0 spiro atoms. The Morgan fingerprint density at radius 1 is 1.06 bits per heavy atom. The van der Waals surface area contributed by atoms with Gasteiger partial charge in [-0.15, -0.1) is 5.10 Å². The molecule has 17 heavy (non-hydrogen) atoms. The van der Waals surface area contributed by atoms with Gasteiger partial charge in [-0.05, 0) is 18.2 Å². The molecule has 0 saturated heterocycles. The summed E-state index contributed by atoms with van der Waals surface area (Å²) in [6.45, 7) is 0. The van der Waals surface area contributed by atoms with E-state index in [0.29, 0.717) is 16.8 Å². The zero-order valence-corrected chi connectivity index (χ0v) is 8.84.